The van der Waals surface area contributed by atoms with Crippen molar-refractivity contribution in [3.63, 3.8) is 0 Å². The van der Waals surface area contributed by atoms with Gasteiger partial charge in [0.1, 0.15) is 6.54 Å². The summed E-state index contributed by atoms with van der Waals surface area (Å²) in [6.07, 6.45) is 0.116. The van der Waals surface area contributed by atoms with Crippen LogP contribution in [-0.2, 0) is 25.5 Å². The summed E-state index contributed by atoms with van der Waals surface area (Å²) < 4.78 is 10.3. The van der Waals surface area contributed by atoms with E-state index in [9.17, 15) is 14.4 Å². The second-order valence-electron chi connectivity index (χ2n) is 7.23. The van der Waals surface area contributed by atoms with Crippen molar-refractivity contribution in [2.75, 3.05) is 32.1 Å². The van der Waals surface area contributed by atoms with Crippen molar-refractivity contribution in [3.05, 3.63) is 29.8 Å². The van der Waals surface area contributed by atoms with Crippen molar-refractivity contribution in [2.24, 2.45) is 0 Å². The van der Waals surface area contributed by atoms with Crippen LogP contribution in [0.1, 0.15) is 26.3 Å². The van der Waals surface area contributed by atoms with E-state index < -0.39 is 5.97 Å². The van der Waals surface area contributed by atoms with Crippen LogP contribution in [0.5, 0.6) is 0 Å². The van der Waals surface area contributed by atoms with Crippen molar-refractivity contribution in [1.29, 1.82) is 0 Å². The number of methoxy groups -OCH3 is 1. The number of benzene rings is 1. The van der Waals surface area contributed by atoms with Crippen molar-refractivity contribution in [2.45, 2.75) is 38.9 Å². The van der Waals surface area contributed by atoms with Gasteiger partial charge in [0.2, 0.25) is 5.91 Å². The maximum absolute atomic E-state index is 12.5. The Kier molecular flexibility index (Phi) is 6.79. The molecule has 0 saturated carbocycles. The van der Waals surface area contributed by atoms with Gasteiger partial charge in [-0.25, -0.2) is 4.79 Å². The number of amides is 3. The number of morpholine rings is 1. The second kappa shape index (κ2) is 8.85. The lowest BCUT2D eigenvalue weighted by molar-refractivity contribution is -0.141. The maximum atomic E-state index is 12.5. The minimum atomic E-state index is -0.498. The van der Waals surface area contributed by atoms with Crippen molar-refractivity contribution in [3.8, 4) is 0 Å². The normalized spacial score (nSPS) is 18.5. The number of hydrogen-bond acceptors (Lipinski definition) is 5. The first-order valence-corrected chi connectivity index (χ1v) is 8.85. The van der Waals surface area contributed by atoms with Crippen LogP contribution in [0.3, 0.4) is 0 Å². The Balaban J connectivity index is 1.87. The van der Waals surface area contributed by atoms with E-state index in [0.29, 0.717) is 18.8 Å². The number of urea groups is 1. The standard InChI is InChI=1S/C19H27N3O5/c1-13-11-22(12-19(2,3)27-13)18(25)21-15-7-5-14(6-8-15)9-16(23)20-10-17(24)26-4/h5-8,13H,9-12H2,1-4H3,(H,20,23)(H,21,25). The molecule has 1 aromatic rings. The quantitative estimate of drug-likeness (QED) is 0.759. The topological polar surface area (TPSA) is 97.0 Å². The molecule has 0 radical (unpaired) electrons. The van der Waals surface area contributed by atoms with E-state index >= 15 is 0 Å². The minimum Gasteiger partial charge on any atom is -0.468 e. The van der Waals surface area contributed by atoms with E-state index in [1.807, 2.05) is 20.8 Å². The van der Waals surface area contributed by atoms with E-state index in [1.54, 1.807) is 29.2 Å². The van der Waals surface area contributed by atoms with Gasteiger partial charge < -0.3 is 25.0 Å². The zero-order valence-electron chi connectivity index (χ0n) is 16.2. The molecule has 1 saturated heterocycles. The molecule has 1 atom stereocenters. The van der Waals surface area contributed by atoms with Gasteiger partial charge in [0.15, 0.2) is 0 Å². The SMILES string of the molecule is COC(=O)CNC(=O)Cc1ccc(NC(=O)N2CC(C)OC(C)(C)C2)cc1. The average Bonchev–Trinajstić information content (AvgIpc) is 2.59. The number of esters is 1. The summed E-state index contributed by atoms with van der Waals surface area (Å²) >= 11 is 0. The highest BCUT2D eigenvalue weighted by Crippen LogP contribution is 2.21. The molecule has 1 unspecified atom stereocenters. The summed E-state index contributed by atoms with van der Waals surface area (Å²) in [6, 6.07) is 6.84. The minimum absolute atomic E-state index is 0.0228. The molecule has 0 spiro atoms. The van der Waals surface area contributed by atoms with E-state index in [-0.39, 0.29) is 36.6 Å². The Hall–Kier alpha value is -2.61. The number of hydrogen-bond donors (Lipinski definition) is 2. The molecule has 148 valence electrons. The third kappa shape index (κ3) is 6.56. The first-order chi connectivity index (χ1) is 12.7. The molecule has 8 heteroatoms. The molecule has 27 heavy (non-hydrogen) atoms. The fourth-order valence-electron chi connectivity index (χ4n) is 3.01. The van der Waals surface area contributed by atoms with Gasteiger partial charge in [-0.3, -0.25) is 9.59 Å². The number of ether oxygens (including phenoxy) is 2. The van der Waals surface area contributed by atoms with Gasteiger partial charge in [-0.15, -0.1) is 0 Å². The number of rotatable bonds is 5. The third-order valence-electron chi connectivity index (χ3n) is 4.08. The molecule has 1 aliphatic heterocycles. The molecule has 0 aromatic heterocycles. The molecule has 8 nitrogen and oxygen atoms in total. The second-order valence-corrected chi connectivity index (χ2v) is 7.23. The van der Waals surface area contributed by atoms with Crippen LogP contribution in [0, 0.1) is 0 Å². The Labute approximate surface area is 159 Å². The van der Waals surface area contributed by atoms with Crippen LogP contribution in [0.15, 0.2) is 24.3 Å². The van der Waals surface area contributed by atoms with Crippen LogP contribution in [-0.4, -0.2) is 61.3 Å². The summed E-state index contributed by atoms with van der Waals surface area (Å²) in [5.41, 5.74) is 1.04. The molecule has 1 aromatic carbocycles. The van der Waals surface area contributed by atoms with Crippen LogP contribution in [0.4, 0.5) is 10.5 Å². The zero-order chi connectivity index (χ0) is 20.0. The number of anilines is 1. The van der Waals surface area contributed by atoms with E-state index in [4.69, 9.17) is 4.74 Å². The highest BCUT2D eigenvalue weighted by Gasteiger charge is 2.33. The molecule has 2 N–H and O–H groups in total. The summed E-state index contributed by atoms with van der Waals surface area (Å²) in [7, 11) is 1.26. The summed E-state index contributed by atoms with van der Waals surface area (Å²) in [5.74, 6) is -0.774. The number of nitrogens with one attached hydrogen (secondary N) is 2. The lowest BCUT2D eigenvalue weighted by Gasteiger charge is -2.41. The Morgan fingerprint density at radius 3 is 2.52 bits per heavy atom. The molecule has 1 heterocycles. The summed E-state index contributed by atoms with van der Waals surface area (Å²) in [5, 5.41) is 5.35. The summed E-state index contributed by atoms with van der Waals surface area (Å²) in [4.78, 5) is 37.0. The molecule has 3 amide bonds. The fraction of sp³-hybridized carbons (Fsp3) is 0.526. The van der Waals surface area contributed by atoms with E-state index in [2.05, 4.69) is 15.4 Å². The smallest absolute Gasteiger partial charge is 0.325 e. The number of carbonyl (C=O) groups is 3. The Bertz CT molecular complexity index is 687. The first-order valence-electron chi connectivity index (χ1n) is 8.85. The first kappa shape index (κ1) is 20.7. The van der Waals surface area contributed by atoms with Gasteiger partial charge >= 0.3 is 12.0 Å². The third-order valence-corrected chi connectivity index (χ3v) is 4.08. The molecule has 2 rings (SSSR count). The van der Waals surface area contributed by atoms with E-state index in [1.165, 1.54) is 7.11 Å². The molecule has 1 fully saturated rings. The maximum Gasteiger partial charge on any atom is 0.325 e. The van der Waals surface area contributed by atoms with Crippen molar-refractivity contribution >= 4 is 23.6 Å². The Morgan fingerprint density at radius 2 is 1.93 bits per heavy atom. The molecule has 0 aliphatic carbocycles. The Morgan fingerprint density at radius 1 is 1.26 bits per heavy atom. The van der Waals surface area contributed by atoms with Gasteiger partial charge in [-0.05, 0) is 38.5 Å². The van der Waals surface area contributed by atoms with Gasteiger partial charge in [0.05, 0.1) is 31.8 Å². The van der Waals surface area contributed by atoms with Gasteiger partial charge in [-0.2, -0.15) is 0 Å². The van der Waals surface area contributed by atoms with Gasteiger partial charge in [0, 0.05) is 12.2 Å². The van der Waals surface area contributed by atoms with Crippen LogP contribution < -0.4 is 10.6 Å². The van der Waals surface area contributed by atoms with Crippen LogP contribution in [0.2, 0.25) is 0 Å². The van der Waals surface area contributed by atoms with Crippen LogP contribution >= 0.6 is 0 Å². The predicted molar refractivity (Wildman–Crippen MR) is 100 cm³/mol. The molecule has 0 bridgehead atoms. The lowest BCUT2D eigenvalue weighted by atomic mass is 10.1. The zero-order valence-corrected chi connectivity index (χ0v) is 16.2. The number of carbonyl (C=O) groups excluding carboxylic acids is 3. The van der Waals surface area contributed by atoms with Gasteiger partial charge in [-0.1, -0.05) is 12.1 Å². The highest BCUT2D eigenvalue weighted by atomic mass is 16.5. The van der Waals surface area contributed by atoms with E-state index in [0.717, 1.165) is 5.56 Å². The summed E-state index contributed by atoms with van der Waals surface area (Å²) in [6.45, 7) is 6.76. The van der Waals surface area contributed by atoms with Crippen molar-refractivity contribution < 1.29 is 23.9 Å². The predicted octanol–water partition coefficient (Wildman–Crippen LogP) is 1.55. The molecule has 1 aliphatic rings. The van der Waals surface area contributed by atoms with Crippen molar-refractivity contribution in [1.82, 2.24) is 10.2 Å². The van der Waals surface area contributed by atoms with Crippen LogP contribution in [0.25, 0.3) is 0 Å². The average molecular weight is 377 g/mol. The lowest BCUT2D eigenvalue weighted by Crippen LogP contribution is -2.54. The fourth-order valence-corrected chi connectivity index (χ4v) is 3.01. The monoisotopic (exact) mass is 377 g/mol. The molecular weight excluding hydrogens is 350 g/mol. The molecular formula is C19H27N3O5. The number of nitrogens with zero attached hydrogens (tertiary/aromatic N) is 1. The largest absolute Gasteiger partial charge is 0.468 e. The van der Waals surface area contributed by atoms with Gasteiger partial charge in [0.25, 0.3) is 0 Å². The highest BCUT2D eigenvalue weighted by molar-refractivity contribution is 5.89.